The lowest BCUT2D eigenvalue weighted by atomic mass is 10.1. The molecule has 4 rings (SSSR count). The number of hydrogen-bond donors (Lipinski definition) is 3. The summed E-state index contributed by atoms with van der Waals surface area (Å²) in [5.41, 5.74) is 3.33. The van der Waals surface area contributed by atoms with Crippen molar-refractivity contribution >= 4 is 27.3 Å². The molecule has 1 saturated carbocycles. The highest BCUT2D eigenvalue weighted by molar-refractivity contribution is 7.89. The van der Waals surface area contributed by atoms with Gasteiger partial charge in [-0.3, -0.25) is 4.79 Å². The molecule has 3 aromatic rings. The van der Waals surface area contributed by atoms with Crippen LogP contribution in [-0.4, -0.2) is 26.9 Å². The first-order valence-corrected chi connectivity index (χ1v) is 11.8. The molecule has 3 N–H and O–H groups in total. The Morgan fingerprint density at radius 2 is 1.48 bits per heavy atom. The summed E-state index contributed by atoms with van der Waals surface area (Å²) in [4.78, 5) is 12.7. The zero-order valence-corrected chi connectivity index (χ0v) is 17.9. The molecule has 0 bridgehead atoms. The number of amides is 1. The average Bonchev–Trinajstić information content (AvgIpc) is 3.59. The molecule has 0 unspecified atom stereocenters. The largest absolute Gasteiger partial charge is 0.385 e. The maximum absolute atomic E-state index is 12.5. The third-order valence-corrected chi connectivity index (χ3v) is 6.59. The molecule has 3 aromatic carbocycles. The van der Waals surface area contributed by atoms with Crippen LogP contribution in [0.2, 0.25) is 0 Å². The summed E-state index contributed by atoms with van der Waals surface area (Å²) in [5.74, 6) is -0.288. The van der Waals surface area contributed by atoms with Gasteiger partial charge in [0.15, 0.2) is 0 Å². The quantitative estimate of drug-likeness (QED) is 0.474. The van der Waals surface area contributed by atoms with E-state index >= 15 is 0 Å². The number of carbonyl (C=O) groups excluding carboxylic acids is 1. The van der Waals surface area contributed by atoms with Crippen LogP contribution in [0.15, 0.2) is 83.8 Å². The fourth-order valence-electron chi connectivity index (χ4n) is 3.14. The number of sulfonamides is 1. The summed E-state index contributed by atoms with van der Waals surface area (Å²) < 4.78 is 27.1. The molecule has 0 aromatic heterocycles. The minimum Gasteiger partial charge on any atom is -0.385 e. The lowest BCUT2D eigenvalue weighted by Gasteiger charge is -2.10. The number of hydrogen-bond acceptors (Lipinski definition) is 4. The summed E-state index contributed by atoms with van der Waals surface area (Å²) in [5, 5.41) is 6.20. The molecule has 1 aliphatic rings. The second-order valence-electron chi connectivity index (χ2n) is 7.61. The first-order valence-electron chi connectivity index (χ1n) is 10.3. The van der Waals surface area contributed by atoms with Crippen LogP contribution in [0.3, 0.4) is 0 Å². The van der Waals surface area contributed by atoms with E-state index in [2.05, 4.69) is 27.5 Å². The van der Waals surface area contributed by atoms with Gasteiger partial charge < -0.3 is 10.6 Å². The average molecular weight is 436 g/mol. The lowest BCUT2D eigenvalue weighted by Crippen LogP contribution is -2.25. The molecular formula is C24H25N3O3S. The van der Waals surface area contributed by atoms with E-state index in [0.29, 0.717) is 11.3 Å². The summed E-state index contributed by atoms with van der Waals surface area (Å²) in [6.45, 7) is 0.820. The molecule has 0 spiro atoms. The van der Waals surface area contributed by atoms with Crippen molar-refractivity contribution in [2.24, 2.45) is 0 Å². The lowest BCUT2D eigenvalue weighted by molar-refractivity contribution is 0.102. The van der Waals surface area contributed by atoms with Crippen molar-refractivity contribution in [1.29, 1.82) is 0 Å². The van der Waals surface area contributed by atoms with Crippen molar-refractivity contribution in [3.63, 3.8) is 0 Å². The van der Waals surface area contributed by atoms with Gasteiger partial charge in [-0.05, 0) is 73.4 Å². The minimum atomic E-state index is -3.52. The molecule has 0 heterocycles. The monoisotopic (exact) mass is 435 g/mol. The number of carbonyl (C=O) groups is 1. The molecule has 1 fully saturated rings. The van der Waals surface area contributed by atoms with Crippen LogP contribution in [0.5, 0.6) is 0 Å². The molecule has 31 heavy (non-hydrogen) atoms. The van der Waals surface area contributed by atoms with Gasteiger partial charge in [0.2, 0.25) is 10.0 Å². The van der Waals surface area contributed by atoms with Crippen molar-refractivity contribution < 1.29 is 13.2 Å². The molecule has 1 aliphatic carbocycles. The van der Waals surface area contributed by atoms with Gasteiger partial charge in [0.1, 0.15) is 0 Å². The highest BCUT2D eigenvalue weighted by Gasteiger charge is 2.27. The van der Waals surface area contributed by atoms with Crippen LogP contribution in [-0.2, 0) is 16.4 Å². The van der Waals surface area contributed by atoms with E-state index in [4.69, 9.17) is 0 Å². The molecule has 0 atom stereocenters. The first kappa shape index (κ1) is 21.1. The maximum Gasteiger partial charge on any atom is 0.255 e. The second-order valence-corrected chi connectivity index (χ2v) is 9.33. The molecular weight excluding hydrogens is 410 g/mol. The van der Waals surface area contributed by atoms with Crippen molar-refractivity contribution in [3.05, 3.63) is 90.0 Å². The van der Waals surface area contributed by atoms with Gasteiger partial charge in [-0.25, -0.2) is 13.1 Å². The summed E-state index contributed by atoms with van der Waals surface area (Å²) in [7, 11) is -3.52. The van der Waals surface area contributed by atoms with Gasteiger partial charge in [-0.2, -0.15) is 0 Å². The van der Waals surface area contributed by atoms with Gasteiger partial charge in [-0.15, -0.1) is 0 Å². The molecule has 0 aliphatic heterocycles. The Morgan fingerprint density at radius 1 is 0.839 bits per heavy atom. The third kappa shape index (κ3) is 5.93. The van der Waals surface area contributed by atoms with Crippen LogP contribution < -0.4 is 15.4 Å². The highest BCUT2D eigenvalue weighted by atomic mass is 32.2. The SMILES string of the molecule is O=C(Nc1ccc(NCCc2ccccc2)cc1)c1ccc(S(=O)(=O)NC2CC2)cc1. The van der Waals surface area contributed by atoms with Crippen LogP contribution >= 0.6 is 0 Å². The Labute approximate surface area is 182 Å². The van der Waals surface area contributed by atoms with Gasteiger partial charge in [0.05, 0.1) is 4.90 Å². The summed E-state index contributed by atoms with van der Waals surface area (Å²) in [6, 6.07) is 23.8. The van der Waals surface area contributed by atoms with Gasteiger partial charge in [-0.1, -0.05) is 30.3 Å². The topological polar surface area (TPSA) is 87.3 Å². The molecule has 0 radical (unpaired) electrons. The Bertz CT molecular complexity index is 1120. The molecule has 6 nitrogen and oxygen atoms in total. The van der Waals surface area contributed by atoms with Crippen molar-refractivity contribution in [2.75, 3.05) is 17.2 Å². The molecule has 1 amide bonds. The molecule has 0 saturated heterocycles. The molecule has 160 valence electrons. The van der Waals surface area contributed by atoms with E-state index < -0.39 is 10.0 Å². The summed E-state index contributed by atoms with van der Waals surface area (Å²) in [6.07, 6.45) is 2.68. The molecule has 7 heteroatoms. The fraction of sp³-hybridized carbons (Fsp3) is 0.208. The third-order valence-electron chi connectivity index (χ3n) is 5.05. The Balaban J connectivity index is 1.30. The van der Waals surface area contributed by atoms with E-state index in [9.17, 15) is 13.2 Å². The standard InChI is InChI=1S/C24H25N3O3S/c28-24(19-6-14-23(15-7-19)31(29,30)27-22-12-13-22)26-21-10-8-20(9-11-21)25-17-16-18-4-2-1-3-5-18/h1-11,14-15,22,25,27H,12-13,16-17H2,(H,26,28). The maximum atomic E-state index is 12.5. The van der Waals surface area contributed by atoms with Gasteiger partial charge >= 0.3 is 0 Å². The van der Waals surface area contributed by atoms with Crippen LogP contribution in [0.4, 0.5) is 11.4 Å². The second kappa shape index (κ2) is 9.32. The predicted molar refractivity (Wildman–Crippen MR) is 123 cm³/mol. The first-order chi connectivity index (χ1) is 15.0. The summed E-state index contributed by atoms with van der Waals surface area (Å²) >= 11 is 0. The smallest absolute Gasteiger partial charge is 0.255 e. The van der Waals surface area contributed by atoms with Gasteiger partial charge in [0.25, 0.3) is 5.91 Å². The predicted octanol–water partition coefficient (Wildman–Crippen LogP) is 4.03. The van der Waals surface area contributed by atoms with E-state index in [-0.39, 0.29) is 16.8 Å². The van der Waals surface area contributed by atoms with Crippen LogP contribution in [0, 0.1) is 0 Å². The number of nitrogens with one attached hydrogen (secondary N) is 3. The Kier molecular flexibility index (Phi) is 6.34. The number of benzene rings is 3. The highest BCUT2D eigenvalue weighted by Crippen LogP contribution is 2.22. The minimum absolute atomic E-state index is 0.0452. The van der Waals surface area contributed by atoms with Crippen molar-refractivity contribution in [3.8, 4) is 0 Å². The number of anilines is 2. The number of rotatable bonds is 9. The van der Waals surface area contributed by atoms with Crippen molar-refractivity contribution in [1.82, 2.24) is 4.72 Å². The zero-order chi connectivity index (χ0) is 21.7. The normalized spacial score (nSPS) is 13.5. The van der Waals surface area contributed by atoms with E-state index in [1.165, 1.54) is 29.8 Å². The fourth-order valence-corrected chi connectivity index (χ4v) is 4.45. The van der Waals surface area contributed by atoms with E-state index in [0.717, 1.165) is 31.5 Å². The Morgan fingerprint density at radius 3 is 2.13 bits per heavy atom. The van der Waals surface area contributed by atoms with Crippen LogP contribution in [0.25, 0.3) is 0 Å². The zero-order valence-electron chi connectivity index (χ0n) is 17.0. The van der Waals surface area contributed by atoms with Crippen LogP contribution in [0.1, 0.15) is 28.8 Å². The van der Waals surface area contributed by atoms with E-state index in [1.807, 2.05) is 42.5 Å². The van der Waals surface area contributed by atoms with Crippen molar-refractivity contribution in [2.45, 2.75) is 30.2 Å². The van der Waals surface area contributed by atoms with Gasteiger partial charge in [0, 0.05) is 29.5 Å². The van der Waals surface area contributed by atoms with E-state index in [1.54, 1.807) is 0 Å². The Hall–Kier alpha value is -3.16.